The summed E-state index contributed by atoms with van der Waals surface area (Å²) in [5.41, 5.74) is 11.2. The van der Waals surface area contributed by atoms with Crippen LogP contribution in [0.1, 0.15) is 48.6 Å². The van der Waals surface area contributed by atoms with Crippen LogP contribution in [0.2, 0.25) is 0 Å². The van der Waals surface area contributed by atoms with Gasteiger partial charge >= 0.3 is 0 Å². The zero-order chi connectivity index (χ0) is 24.5. The monoisotopic (exact) mass is 464 g/mol. The maximum absolute atomic E-state index is 6.60. The average molecular weight is 465 g/mol. The molecule has 0 aromatic heterocycles. The molecule has 0 spiro atoms. The van der Waals surface area contributed by atoms with Crippen molar-refractivity contribution in [2.24, 2.45) is 0 Å². The fourth-order valence-corrected chi connectivity index (χ4v) is 6.45. The van der Waals surface area contributed by atoms with Crippen LogP contribution >= 0.6 is 0 Å². The second-order valence-corrected chi connectivity index (χ2v) is 10.7. The van der Waals surface area contributed by atoms with Gasteiger partial charge in [-0.2, -0.15) is 0 Å². The lowest BCUT2D eigenvalue weighted by molar-refractivity contribution is 0.419. The second-order valence-electron chi connectivity index (χ2n) is 10.7. The fourth-order valence-electron chi connectivity index (χ4n) is 6.45. The van der Waals surface area contributed by atoms with Crippen molar-refractivity contribution < 1.29 is 4.74 Å². The molecule has 0 fully saturated rings. The zero-order valence-corrected chi connectivity index (χ0v) is 20.9. The minimum Gasteiger partial charge on any atom is -0.456 e. The van der Waals surface area contributed by atoms with E-state index in [-0.39, 0.29) is 10.8 Å². The highest BCUT2D eigenvalue weighted by Gasteiger charge is 2.41. The number of ether oxygens (including phenoxy) is 1. The molecule has 1 heteroatoms. The van der Waals surface area contributed by atoms with Crippen LogP contribution in [0.25, 0.3) is 22.3 Å². The molecule has 1 nitrogen and oxygen atoms in total. The Morgan fingerprint density at radius 3 is 1.97 bits per heavy atom. The van der Waals surface area contributed by atoms with Crippen LogP contribution in [-0.4, -0.2) is 0 Å². The molecule has 0 saturated carbocycles. The van der Waals surface area contributed by atoms with Crippen molar-refractivity contribution in [2.75, 3.05) is 0 Å². The Labute approximate surface area is 213 Å². The molecule has 0 saturated heterocycles. The summed E-state index contributed by atoms with van der Waals surface area (Å²) in [6, 6.07) is 41.7. The van der Waals surface area contributed by atoms with E-state index >= 15 is 0 Å². The Morgan fingerprint density at radius 2 is 1.14 bits per heavy atom. The Hall–Kier alpha value is -4.10. The van der Waals surface area contributed by atoms with Gasteiger partial charge in [-0.05, 0) is 52.4 Å². The number of fused-ring (bicyclic) bond motifs is 5. The third-order valence-corrected chi connectivity index (χ3v) is 8.44. The summed E-state index contributed by atoms with van der Waals surface area (Å²) in [7, 11) is 0. The lowest BCUT2D eigenvalue weighted by atomic mass is 9.74. The molecule has 1 aliphatic heterocycles. The average Bonchev–Trinajstić information content (AvgIpc) is 3.18. The van der Waals surface area contributed by atoms with Crippen molar-refractivity contribution >= 4 is 0 Å². The van der Waals surface area contributed by atoms with E-state index in [1.54, 1.807) is 0 Å². The number of rotatable bonds is 2. The minimum absolute atomic E-state index is 0.130. The molecule has 1 aliphatic carbocycles. The molecular formula is C35H28O. The van der Waals surface area contributed by atoms with Gasteiger partial charge in [-0.15, -0.1) is 0 Å². The van der Waals surface area contributed by atoms with Gasteiger partial charge in [0.1, 0.15) is 11.5 Å². The molecule has 7 rings (SSSR count). The lowest BCUT2D eigenvalue weighted by Gasteiger charge is -2.35. The first-order valence-electron chi connectivity index (χ1n) is 12.7. The number of benzene rings is 5. The molecule has 1 atom stereocenters. The number of hydrogen-bond donors (Lipinski definition) is 0. The molecule has 5 aromatic carbocycles. The first kappa shape index (κ1) is 21.2. The van der Waals surface area contributed by atoms with E-state index in [4.69, 9.17) is 4.74 Å². The van der Waals surface area contributed by atoms with Crippen molar-refractivity contribution in [3.05, 3.63) is 143 Å². The number of para-hydroxylation sites is 2. The quantitative estimate of drug-likeness (QED) is 0.253. The fraction of sp³-hybridized carbons (Fsp3) is 0.143. The highest BCUT2D eigenvalue weighted by atomic mass is 16.5. The van der Waals surface area contributed by atoms with Crippen LogP contribution in [0.5, 0.6) is 11.5 Å². The molecule has 1 unspecified atom stereocenters. The van der Waals surface area contributed by atoms with Crippen molar-refractivity contribution in [1.29, 1.82) is 0 Å². The van der Waals surface area contributed by atoms with Crippen molar-refractivity contribution in [2.45, 2.75) is 31.6 Å². The van der Waals surface area contributed by atoms with E-state index < -0.39 is 0 Å². The van der Waals surface area contributed by atoms with Gasteiger partial charge in [0.2, 0.25) is 0 Å². The normalized spacial score (nSPS) is 18.4. The van der Waals surface area contributed by atoms with Crippen LogP contribution in [0.15, 0.2) is 115 Å². The summed E-state index contributed by atoms with van der Waals surface area (Å²) >= 11 is 0. The third kappa shape index (κ3) is 2.77. The lowest BCUT2D eigenvalue weighted by Crippen LogP contribution is -2.24. The predicted octanol–water partition coefficient (Wildman–Crippen LogP) is 9.12. The smallest absolute Gasteiger partial charge is 0.139 e. The molecule has 0 amide bonds. The molecule has 0 bridgehead atoms. The van der Waals surface area contributed by atoms with Crippen LogP contribution in [-0.2, 0) is 10.8 Å². The Balaban J connectivity index is 1.43. The van der Waals surface area contributed by atoms with Gasteiger partial charge in [-0.3, -0.25) is 0 Å². The van der Waals surface area contributed by atoms with E-state index in [9.17, 15) is 0 Å². The summed E-state index contributed by atoms with van der Waals surface area (Å²) in [5.74, 6) is 1.92. The van der Waals surface area contributed by atoms with E-state index in [1.165, 1.54) is 44.5 Å². The predicted molar refractivity (Wildman–Crippen MR) is 148 cm³/mol. The summed E-state index contributed by atoms with van der Waals surface area (Å²) in [6.45, 7) is 6.95. The molecule has 36 heavy (non-hydrogen) atoms. The summed E-state index contributed by atoms with van der Waals surface area (Å²) in [5, 5.41) is 0. The van der Waals surface area contributed by atoms with Crippen LogP contribution in [0, 0.1) is 0 Å². The van der Waals surface area contributed by atoms with Gasteiger partial charge in [-0.1, -0.05) is 117 Å². The van der Waals surface area contributed by atoms with Gasteiger partial charge in [-0.25, -0.2) is 0 Å². The largest absolute Gasteiger partial charge is 0.456 e. The van der Waals surface area contributed by atoms with Crippen LogP contribution in [0.3, 0.4) is 0 Å². The highest BCUT2D eigenvalue weighted by molar-refractivity contribution is 5.87. The van der Waals surface area contributed by atoms with Crippen molar-refractivity contribution in [3.8, 4) is 33.8 Å². The van der Waals surface area contributed by atoms with E-state index in [2.05, 4.69) is 136 Å². The summed E-state index contributed by atoms with van der Waals surface area (Å²) < 4.78 is 6.60. The maximum Gasteiger partial charge on any atom is 0.139 e. The molecule has 1 heterocycles. The Kier molecular flexibility index (Phi) is 4.39. The molecule has 174 valence electrons. The van der Waals surface area contributed by atoms with E-state index in [0.29, 0.717) is 0 Å². The zero-order valence-electron chi connectivity index (χ0n) is 20.9. The molecule has 2 aliphatic rings. The third-order valence-electron chi connectivity index (χ3n) is 8.44. The van der Waals surface area contributed by atoms with E-state index in [0.717, 1.165) is 17.1 Å². The standard InChI is InChI=1S/C35H28O/c1-34(2)30-17-9-10-19-32(30)36-33-25(15-11-18-31(33)34)23-20-21-29-27(22-23)26-14-7-8-16-28(26)35(29,3)24-12-5-4-6-13-24/h4-22H,1-3H3. The SMILES string of the molecule is CC1(C)c2ccccc2Oc2c(-c3ccc4c(c3)-c3ccccc3C4(C)c3ccccc3)cccc21. The Morgan fingerprint density at radius 1 is 0.500 bits per heavy atom. The number of hydrogen-bond acceptors (Lipinski definition) is 1. The van der Waals surface area contributed by atoms with Crippen molar-refractivity contribution in [1.82, 2.24) is 0 Å². The van der Waals surface area contributed by atoms with E-state index in [1.807, 2.05) is 0 Å². The van der Waals surface area contributed by atoms with Gasteiger partial charge in [0.25, 0.3) is 0 Å². The summed E-state index contributed by atoms with van der Waals surface area (Å²) in [4.78, 5) is 0. The molecular weight excluding hydrogens is 436 g/mol. The summed E-state index contributed by atoms with van der Waals surface area (Å²) in [6.07, 6.45) is 0. The van der Waals surface area contributed by atoms with Gasteiger partial charge < -0.3 is 4.74 Å². The van der Waals surface area contributed by atoms with Gasteiger partial charge in [0.05, 0.1) is 0 Å². The molecule has 5 aromatic rings. The maximum atomic E-state index is 6.60. The molecule has 0 N–H and O–H groups in total. The van der Waals surface area contributed by atoms with Crippen LogP contribution < -0.4 is 4.74 Å². The first-order chi connectivity index (χ1) is 17.5. The van der Waals surface area contributed by atoms with Gasteiger partial charge in [0, 0.05) is 27.5 Å². The molecule has 0 radical (unpaired) electrons. The van der Waals surface area contributed by atoms with Crippen molar-refractivity contribution in [3.63, 3.8) is 0 Å². The first-order valence-corrected chi connectivity index (χ1v) is 12.7. The van der Waals surface area contributed by atoms with Gasteiger partial charge in [0.15, 0.2) is 0 Å². The minimum atomic E-state index is -0.181. The highest BCUT2D eigenvalue weighted by Crippen LogP contribution is 2.55. The topological polar surface area (TPSA) is 9.23 Å². The second kappa shape index (κ2) is 7.45. The Bertz CT molecular complexity index is 1640. The van der Waals surface area contributed by atoms with Crippen LogP contribution in [0.4, 0.5) is 0 Å².